The number of fused-ring (bicyclic) bond motifs is 1. The number of carboxylic acid groups (broad SMARTS) is 1. The van der Waals surface area contributed by atoms with Gasteiger partial charge in [-0.3, -0.25) is 4.79 Å². The van der Waals surface area contributed by atoms with Crippen molar-refractivity contribution >= 4 is 27.5 Å². The Hall–Kier alpha value is -2.24. The second-order valence-electron chi connectivity index (χ2n) is 4.38. The number of benzene rings is 2. The fourth-order valence-electron chi connectivity index (χ4n) is 1.67. The molecule has 0 spiro atoms. The number of nitrogens with two attached hydrogens (primary N) is 1. The summed E-state index contributed by atoms with van der Waals surface area (Å²) in [4.78, 5) is 14.9. The third kappa shape index (κ3) is 4.66. The monoisotopic (exact) mass is 300 g/mol. The summed E-state index contributed by atoms with van der Waals surface area (Å²) >= 11 is 1.49. The van der Waals surface area contributed by atoms with Crippen LogP contribution in [0.1, 0.15) is 5.01 Å². The first-order valence-electron chi connectivity index (χ1n) is 6.49. The lowest BCUT2D eigenvalue weighted by atomic mass is 10.2. The summed E-state index contributed by atoms with van der Waals surface area (Å²) < 4.78 is 1.06. The minimum atomic E-state index is -0.991. The zero-order chi connectivity index (χ0) is 15.1. The molecule has 0 saturated heterocycles. The quantitative estimate of drug-likeness (QED) is 0.779. The molecule has 3 aromatic rings. The van der Waals surface area contributed by atoms with Crippen molar-refractivity contribution in [3.63, 3.8) is 0 Å². The minimum absolute atomic E-state index is 0.286. The van der Waals surface area contributed by atoms with Gasteiger partial charge in [-0.1, -0.05) is 48.5 Å². The Morgan fingerprint density at radius 2 is 1.67 bits per heavy atom. The van der Waals surface area contributed by atoms with Gasteiger partial charge in [-0.05, 0) is 12.1 Å². The van der Waals surface area contributed by atoms with E-state index in [-0.39, 0.29) is 6.42 Å². The van der Waals surface area contributed by atoms with Gasteiger partial charge in [0.05, 0.1) is 15.2 Å². The lowest BCUT2D eigenvalue weighted by molar-refractivity contribution is -0.138. The maximum atomic E-state index is 10.6. The highest BCUT2D eigenvalue weighted by Gasteiger charge is 2.14. The van der Waals surface area contributed by atoms with Gasteiger partial charge in [-0.2, -0.15) is 0 Å². The van der Waals surface area contributed by atoms with E-state index in [2.05, 4.69) is 4.98 Å². The summed E-state index contributed by atoms with van der Waals surface area (Å²) in [5.41, 5.74) is 6.34. The van der Waals surface area contributed by atoms with Crippen molar-refractivity contribution < 1.29 is 9.90 Å². The summed E-state index contributed by atoms with van der Waals surface area (Å²) in [5, 5.41) is 9.44. The zero-order valence-electron chi connectivity index (χ0n) is 11.3. The van der Waals surface area contributed by atoms with Crippen LogP contribution in [0.15, 0.2) is 60.7 Å². The standard InChI is InChI=1S/C10H10N2O2S.C6H6/c11-6(10(13)14)5-9-12-7-3-1-2-4-8(7)15-9;1-2-4-6-5-3-1/h1-4,6H,5,11H2,(H,13,14);1-6H. The number of para-hydroxylation sites is 1. The molecule has 1 unspecified atom stereocenters. The molecule has 3 N–H and O–H groups in total. The van der Waals surface area contributed by atoms with Gasteiger partial charge in [-0.25, -0.2) is 4.98 Å². The summed E-state index contributed by atoms with van der Waals surface area (Å²) in [7, 11) is 0. The molecule has 4 nitrogen and oxygen atoms in total. The van der Waals surface area contributed by atoms with Crippen LogP contribution >= 0.6 is 11.3 Å². The Bertz CT molecular complexity index is 638. The van der Waals surface area contributed by atoms with Crippen LogP contribution in [0.3, 0.4) is 0 Å². The van der Waals surface area contributed by atoms with E-state index in [4.69, 9.17) is 10.8 Å². The fourth-order valence-corrected chi connectivity index (χ4v) is 2.69. The predicted octanol–water partition coefficient (Wildman–Crippen LogP) is 2.94. The molecule has 2 aromatic carbocycles. The van der Waals surface area contributed by atoms with Gasteiger partial charge in [0.2, 0.25) is 0 Å². The molecule has 0 amide bonds. The molecule has 3 rings (SSSR count). The maximum Gasteiger partial charge on any atom is 0.320 e. The van der Waals surface area contributed by atoms with Crippen LogP contribution in [-0.2, 0) is 11.2 Å². The van der Waals surface area contributed by atoms with Gasteiger partial charge in [0, 0.05) is 6.42 Å². The SMILES string of the molecule is NC(Cc1nc2ccccc2s1)C(=O)O.c1ccccc1. The van der Waals surface area contributed by atoms with Gasteiger partial charge < -0.3 is 10.8 Å². The second-order valence-corrected chi connectivity index (χ2v) is 5.49. The number of hydrogen-bond acceptors (Lipinski definition) is 4. The highest BCUT2D eigenvalue weighted by atomic mass is 32.1. The van der Waals surface area contributed by atoms with Gasteiger partial charge in [-0.15, -0.1) is 11.3 Å². The van der Waals surface area contributed by atoms with Crippen molar-refractivity contribution in [2.75, 3.05) is 0 Å². The molecule has 0 bridgehead atoms. The number of hydrogen-bond donors (Lipinski definition) is 2. The average molecular weight is 300 g/mol. The van der Waals surface area contributed by atoms with Crippen LogP contribution in [0.4, 0.5) is 0 Å². The first kappa shape index (κ1) is 15.2. The molecular formula is C16H16N2O2S. The molecule has 0 aliphatic heterocycles. The average Bonchev–Trinajstić information content (AvgIpc) is 2.91. The number of nitrogens with zero attached hydrogens (tertiary/aromatic N) is 1. The second kappa shape index (κ2) is 7.52. The van der Waals surface area contributed by atoms with Crippen molar-refractivity contribution in [3.8, 4) is 0 Å². The molecule has 0 saturated carbocycles. The maximum absolute atomic E-state index is 10.6. The summed E-state index contributed by atoms with van der Waals surface area (Å²) in [6.07, 6.45) is 0.286. The Morgan fingerprint density at radius 1 is 1.10 bits per heavy atom. The molecule has 1 atom stereocenters. The number of carboxylic acids is 1. The Morgan fingerprint density at radius 3 is 2.19 bits per heavy atom. The third-order valence-corrected chi connectivity index (χ3v) is 3.78. The van der Waals surface area contributed by atoms with E-state index >= 15 is 0 Å². The number of rotatable bonds is 3. The van der Waals surface area contributed by atoms with Gasteiger partial charge >= 0.3 is 5.97 Å². The van der Waals surface area contributed by atoms with Crippen molar-refractivity contribution in [1.29, 1.82) is 0 Å². The Labute approximate surface area is 126 Å². The van der Waals surface area contributed by atoms with E-state index in [0.717, 1.165) is 15.2 Å². The minimum Gasteiger partial charge on any atom is -0.480 e. The zero-order valence-corrected chi connectivity index (χ0v) is 12.2. The highest BCUT2D eigenvalue weighted by molar-refractivity contribution is 7.18. The van der Waals surface area contributed by atoms with Crippen molar-refractivity contribution in [2.45, 2.75) is 12.5 Å². The molecule has 5 heteroatoms. The molecule has 0 radical (unpaired) electrons. The normalized spacial score (nSPS) is 11.5. The Balaban J connectivity index is 0.000000225. The summed E-state index contributed by atoms with van der Waals surface area (Å²) in [6, 6.07) is 18.8. The van der Waals surface area contributed by atoms with Crippen LogP contribution in [-0.4, -0.2) is 22.1 Å². The smallest absolute Gasteiger partial charge is 0.320 e. The number of thiazole rings is 1. The van der Waals surface area contributed by atoms with E-state index < -0.39 is 12.0 Å². The van der Waals surface area contributed by atoms with Gasteiger partial charge in [0.15, 0.2) is 0 Å². The molecule has 0 fully saturated rings. The summed E-state index contributed by atoms with van der Waals surface area (Å²) in [5.74, 6) is -0.991. The van der Waals surface area contributed by atoms with Gasteiger partial charge in [0.25, 0.3) is 0 Å². The van der Waals surface area contributed by atoms with Crippen molar-refractivity contribution in [3.05, 3.63) is 65.7 Å². The lowest BCUT2D eigenvalue weighted by Gasteiger charge is -2.01. The van der Waals surface area contributed by atoms with E-state index in [1.165, 1.54) is 11.3 Å². The van der Waals surface area contributed by atoms with E-state index in [9.17, 15) is 4.79 Å². The van der Waals surface area contributed by atoms with E-state index in [1.807, 2.05) is 60.7 Å². The first-order chi connectivity index (χ1) is 10.2. The molecule has 1 heterocycles. The van der Waals surface area contributed by atoms with Crippen LogP contribution in [0.25, 0.3) is 10.2 Å². The molecule has 108 valence electrons. The highest BCUT2D eigenvalue weighted by Crippen LogP contribution is 2.22. The molecule has 0 aliphatic carbocycles. The van der Waals surface area contributed by atoms with Crippen molar-refractivity contribution in [2.24, 2.45) is 5.73 Å². The Kier molecular flexibility index (Phi) is 5.43. The number of carbonyl (C=O) groups is 1. The van der Waals surface area contributed by atoms with Crippen LogP contribution in [0.5, 0.6) is 0 Å². The lowest BCUT2D eigenvalue weighted by Crippen LogP contribution is -2.32. The van der Waals surface area contributed by atoms with Crippen LogP contribution in [0.2, 0.25) is 0 Å². The molecule has 21 heavy (non-hydrogen) atoms. The molecular weight excluding hydrogens is 284 g/mol. The van der Waals surface area contributed by atoms with E-state index in [1.54, 1.807) is 0 Å². The molecule has 0 aliphatic rings. The topological polar surface area (TPSA) is 76.2 Å². The van der Waals surface area contributed by atoms with E-state index in [0.29, 0.717) is 0 Å². The third-order valence-electron chi connectivity index (χ3n) is 2.72. The van der Waals surface area contributed by atoms with Crippen molar-refractivity contribution in [1.82, 2.24) is 4.98 Å². The number of aliphatic carboxylic acids is 1. The van der Waals surface area contributed by atoms with Crippen LogP contribution in [0, 0.1) is 0 Å². The molecule has 1 aromatic heterocycles. The summed E-state index contributed by atoms with van der Waals surface area (Å²) in [6.45, 7) is 0. The van der Waals surface area contributed by atoms with Gasteiger partial charge in [0.1, 0.15) is 6.04 Å². The first-order valence-corrected chi connectivity index (χ1v) is 7.31. The predicted molar refractivity (Wildman–Crippen MR) is 85.4 cm³/mol. The van der Waals surface area contributed by atoms with Crippen LogP contribution < -0.4 is 5.73 Å². The largest absolute Gasteiger partial charge is 0.480 e. The fraction of sp³-hybridized carbons (Fsp3) is 0.125. The number of aromatic nitrogens is 1.